The van der Waals surface area contributed by atoms with Crippen LogP contribution in [0.15, 0.2) is 64.4 Å². The molecule has 0 radical (unpaired) electrons. The standard InChI is InChI=1S/C16H12ClFN2O3S/c17-14-7-13(3-4-15(14)18)24(21,22)20-9-11-6-12(10-19-8-11)16-2-1-5-23-16/h1-8,10,20H,9H2. The summed E-state index contributed by atoms with van der Waals surface area (Å²) in [6.07, 6.45) is 4.71. The number of hydrogen-bond donors (Lipinski definition) is 1. The lowest BCUT2D eigenvalue weighted by Gasteiger charge is -2.08. The molecule has 0 saturated heterocycles. The number of hydrogen-bond acceptors (Lipinski definition) is 4. The molecule has 0 aliphatic rings. The summed E-state index contributed by atoms with van der Waals surface area (Å²) in [6.45, 7) is 0.0267. The van der Waals surface area contributed by atoms with Gasteiger partial charge in [0.2, 0.25) is 10.0 Å². The first-order valence-electron chi connectivity index (χ1n) is 6.88. The Hall–Kier alpha value is -2.22. The van der Waals surface area contributed by atoms with Crippen LogP contribution < -0.4 is 4.72 Å². The van der Waals surface area contributed by atoms with Crippen LogP contribution in [0, 0.1) is 5.82 Å². The van der Waals surface area contributed by atoms with Gasteiger partial charge in [0, 0.05) is 24.5 Å². The summed E-state index contributed by atoms with van der Waals surface area (Å²) in [7, 11) is -3.82. The summed E-state index contributed by atoms with van der Waals surface area (Å²) in [4.78, 5) is 3.97. The van der Waals surface area contributed by atoms with E-state index in [4.69, 9.17) is 16.0 Å². The molecule has 24 heavy (non-hydrogen) atoms. The highest BCUT2D eigenvalue weighted by molar-refractivity contribution is 7.89. The van der Waals surface area contributed by atoms with Crippen molar-refractivity contribution >= 4 is 21.6 Å². The van der Waals surface area contributed by atoms with Crippen LogP contribution in [-0.2, 0) is 16.6 Å². The molecule has 2 aromatic heterocycles. The fourth-order valence-electron chi connectivity index (χ4n) is 2.07. The summed E-state index contributed by atoms with van der Waals surface area (Å²) < 4.78 is 45.4. The lowest BCUT2D eigenvalue weighted by molar-refractivity contribution is 0.580. The lowest BCUT2D eigenvalue weighted by atomic mass is 10.2. The van der Waals surface area contributed by atoms with E-state index in [2.05, 4.69) is 9.71 Å². The van der Waals surface area contributed by atoms with Crippen molar-refractivity contribution in [3.05, 3.63) is 71.5 Å². The number of rotatable bonds is 5. The molecular formula is C16H12ClFN2O3S. The third-order valence-corrected chi connectivity index (χ3v) is 4.96. The van der Waals surface area contributed by atoms with Crippen molar-refractivity contribution < 1.29 is 17.2 Å². The fourth-order valence-corrected chi connectivity index (χ4v) is 3.36. The maximum Gasteiger partial charge on any atom is 0.240 e. The number of nitrogens with zero attached hydrogens (tertiary/aromatic N) is 1. The second kappa shape index (κ2) is 6.72. The van der Waals surface area contributed by atoms with Gasteiger partial charge >= 0.3 is 0 Å². The molecule has 1 N–H and O–H groups in total. The van der Waals surface area contributed by atoms with E-state index < -0.39 is 15.8 Å². The molecular weight excluding hydrogens is 355 g/mol. The minimum atomic E-state index is -3.82. The van der Waals surface area contributed by atoms with Crippen LogP contribution in [-0.4, -0.2) is 13.4 Å². The Morgan fingerprint density at radius 1 is 1.21 bits per heavy atom. The quantitative estimate of drug-likeness (QED) is 0.748. The van der Waals surface area contributed by atoms with Gasteiger partial charge in [-0.05, 0) is 42.0 Å². The van der Waals surface area contributed by atoms with Crippen molar-refractivity contribution in [1.29, 1.82) is 0 Å². The van der Waals surface area contributed by atoms with Crippen LogP contribution in [0.5, 0.6) is 0 Å². The van der Waals surface area contributed by atoms with Gasteiger partial charge in [-0.1, -0.05) is 11.6 Å². The Bertz CT molecular complexity index is 959. The van der Waals surface area contributed by atoms with Crippen LogP contribution in [0.4, 0.5) is 4.39 Å². The Balaban J connectivity index is 1.77. The van der Waals surface area contributed by atoms with E-state index in [0.717, 1.165) is 23.8 Å². The highest BCUT2D eigenvalue weighted by atomic mass is 35.5. The number of sulfonamides is 1. The van der Waals surface area contributed by atoms with Gasteiger partial charge in [0.15, 0.2) is 0 Å². The largest absolute Gasteiger partial charge is 0.464 e. The summed E-state index contributed by atoms with van der Waals surface area (Å²) in [5, 5.41) is -0.251. The Labute approximate surface area is 143 Å². The van der Waals surface area contributed by atoms with Crippen molar-refractivity contribution in [3.63, 3.8) is 0 Å². The highest BCUT2D eigenvalue weighted by Crippen LogP contribution is 2.21. The van der Waals surface area contributed by atoms with E-state index in [1.807, 2.05) is 0 Å². The molecule has 0 aliphatic carbocycles. The molecule has 3 aromatic rings. The average molecular weight is 367 g/mol. The Morgan fingerprint density at radius 3 is 2.75 bits per heavy atom. The van der Waals surface area contributed by atoms with Gasteiger partial charge in [-0.25, -0.2) is 17.5 Å². The molecule has 2 heterocycles. The Kier molecular flexibility index (Phi) is 4.66. The molecule has 0 fully saturated rings. The molecule has 1 aromatic carbocycles. The summed E-state index contributed by atoms with van der Waals surface area (Å²) in [5.74, 6) is -0.0384. The van der Waals surface area contributed by atoms with Crippen molar-refractivity contribution in [3.8, 4) is 11.3 Å². The van der Waals surface area contributed by atoms with E-state index >= 15 is 0 Å². The second-order valence-corrected chi connectivity index (χ2v) is 7.13. The third-order valence-electron chi connectivity index (χ3n) is 3.27. The summed E-state index contributed by atoms with van der Waals surface area (Å²) in [5.41, 5.74) is 1.39. The van der Waals surface area contributed by atoms with Crippen molar-refractivity contribution in [2.45, 2.75) is 11.4 Å². The highest BCUT2D eigenvalue weighted by Gasteiger charge is 2.16. The molecule has 5 nitrogen and oxygen atoms in total. The first kappa shape index (κ1) is 16.6. The first-order chi connectivity index (χ1) is 11.5. The smallest absolute Gasteiger partial charge is 0.240 e. The summed E-state index contributed by atoms with van der Waals surface area (Å²) in [6, 6.07) is 8.54. The van der Waals surface area contributed by atoms with Crippen LogP contribution in [0.2, 0.25) is 5.02 Å². The Morgan fingerprint density at radius 2 is 2.04 bits per heavy atom. The van der Waals surface area contributed by atoms with E-state index in [1.54, 1.807) is 36.9 Å². The van der Waals surface area contributed by atoms with Crippen molar-refractivity contribution in [1.82, 2.24) is 9.71 Å². The average Bonchev–Trinajstić information content (AvgIpc) is 3.10. The van der Waals surface area contributed by atoms with Gasteiger partial charge < -0.3 is 4.42 Å². The van der Waals surface area contributed by atoms with Crippen molar-refractivity contribution in [2.75, 3.05) is 0 Å². The first-order valence-corrected chi connectivity index (χ1v) is 8.74. The second-order valence-electron chi connectivity index (χ2n) is 4.96. The molecule has 0 bridgehead atoms. The summed E-state index contributed by atoms with van der Waals surface area (Å²) >= 11 is 5.63. The number of halogens is 2. The maximum atomic E-state index is 13.2. The van der Waals surface area contributed by atoms with E-state index in [-0.39, 0.29) is 16.5 Å². The van der Waals surface area contributed by atoms with Gasteiger partial charge in [0.05, 0.1) is 16.2 Å². The zero-order chi connectivity index (χ0) is 17.2. The van der Waals surface area contributed by atoms with Gasteiger partial charge in [-0.3, -0.25) is 4.98 Å². The number of benzene rings is 1. The molecule has 8 heteroatoms. The number of pyridine rings is 1. The monoisotopic (exact) mass is 366 g/mol. The van der Waals surface area contributed by atoms with Crippen molar-refractivity contribution in [2.24, 2.45) is 0 Å². The molecule has 0 aliphatic heterocycles. The van der Waals surface area contributed by atoms with Gasteiger partial charge in [-0.15, -0.1) is 0 Å². The van der Waals surface area contributed by atoms with Gasteiger partial charge in [0.25, 0.3) is 0 Å². The maximum absolute atomic E-state index is 13.2. The molecule has 0 atom stereocenters. The predicted molar refractivity (Wildman–Crippen MR) is 87.4 cm³/mol. The lowest BCUT2D eigenvalue weighted by Crippen LogP contribution is -2.23. The topological polar surface area (TPSA) is 72.2 Å². The number of aromatic nitrogens is 1. The zero-order valence-electron chi connectivity index (χ0n) is 12.2. The number of nitrogens with one attached hydrogen (secondary N) is 1. The van der Waals surface area contributed by atoms with E-state index in [9.17, 15) is 12.8 Å². The van der Waals surface area contributed by atoms with Crippen LogP contribution in [0.25, 0.3) is 11.3 Å². The van der Waals surface area contributed by atoms with Crippen LogP contribution >= 0.6 is 11.6 Å². The van der Waals surface area contributed by atoms with Crippen LogP contribution in [0.3, 0.4) is 0 Å². The molecule has 124 valence electrons. The fraction of sp³-hybridized carbons (Fsp3) is 0.0625. The molecule has 0 unspecified atom stereocenters. The molecule has 0 spiro atoms. The SMILES string of the molecule is O=S(=O)(NCc1cncc(-c2ccco2)c1)c1ccc(F)c(Cl)c1. The van der Waals surface area contributed by atoms with Gasteiger partial charge in [0.1, 0.15) is 11.6 Å². The number of furan rings is 1. The molecule has 0 saturated carbocycles. The minimum absolute atomic E-state index is 0.0267. The minimum Gasteiger partial charge on any atom is -0.464 e. The third kappa shape index (κ3) is 3.64. The molecule has 0 amide bonds. The van der Waals surface area contributed by atoms with Crippen LogP contribution in [0.1, 0.15) is 5.56 Å². The zero-order valence-corrected chi connectivity index (χ0v) is 13.8. The molecule has 3 rings (SSSR count). The normalized spacial score (nSPS) is 11.6. The van der Waals surface area contributed by atoms with Gasteiger partial charge in [-0.2, -0.15) is 0 Å². The van der Waals surface area contributed by atoms with E-state index in [0.29, 0.717) is 11.3 Å². The van der Waals surface area contributed by atoms with E-state index in [1.165, 1.54) is 0 Å². The predicted octanol–water partition coefficient (Wildman–Crippen LogP) is 3.61.